The van der Waals surface area contributed by atoms with Crippen molar-refractivity contribution in [2.24, 2.45) is 5.73 Å². The van der Waals surface area contributed by atoms with Gasteiger partial charge in [-0.25, -0.2) is 0 Å². The van der Waals surface area contributed by atoms with Crippen molar-refractivity contribution >= 4 is 11.8 Å². The average molecular weight is 300 g/mol. The number of rotatable bonds is 8. The van der Waals surface area contributed by atoms with Crippen molar-refractivity contribution in [3.8, 4) is 0 Å². The molecule has 0 aromatic carbocycles. The van der Waals surface area contributed by atoms with Gasteiger partial charge < -0.3 is 20.7 Å². The maximum Gasteiger partial charge on any atom is 0.239 e. The van der Waals surface area contributed by atoms with Gasteiger partial charge in [-0.3, -0.25) is 14.5 Å². The number of nitrogens with zero attached hydrogens (tertiary/aromatic N) is 2. The Balaban J connectivity index is 2.52. The van der Waals surface area contributed by atoms with Gasteiger partial charge in [0.05, 0.1) is 19.8 Å². The zero-order valence-electron chi connectivity index (χ0n) is 13.1. The number of nitrogens with two attached hydrogens (primary N) is 1. The number of nitrogens with one attached hydrogen (secondary N) is 1. The number of amides is 2. The zero-order valence-corrected chi connectivity index (χ0v) is 13.1. The van der Waals surface area contributed by atoms with Crippen LogP contribution in [0.5, 0.6) is 0 Å². The van der Waals surface area contributed by atoms with Gasteiger partial charge in [-0.15, -0.1) is 0 Å². The lowest BCUT2D eigenvalue weighted by atomic mass is 10.2. The summed E-state index contributed by atoms with van der Waals surface area (Å²) in [6, 6.07) is -0.378. The molecule has 0 radical (unpaired) electrons. The SMILES string of the molecule is CCCNC(=O)C1COCCN1CC(=O)N(C)CCCN. The fourth-order valence-electron chi connectivity index (χ4n) is 2.18. The highest BCUT2D eigenvalue weighted by Crippen LogP contribution is 2.08. The fraction of sp³-hybridized carbons (Fsp3) is 0.857. The number of hydrogen-bond donors (Lipinski definition) is 2. The summed E-state index contributed by atoms with van der Waals surface area (Å²) >= 11 is 0. The van der Waals surface area contributed by atoms with Gasteiger partial charge in [-0.2, -0.15) is 0 Å². The molecule has 0 aromatic rings. The molecule has 0 saturated carbocycles. The van der Waals surface area contributed by atoms with E-state index in [9.17, 15) is 9.59 Å². The molecule has 1 fully saturated rings. The van der Waals surface area contributed by atoms with Gasteiger partial charge in [0, 0.05) is 26.7 Å². The Hall–Kier alpha value is -1.18. The lowest BCUT2D eigenvalue weighted by molar-refractivity contribution is -0.139. The van der Waals surface area contributed by atoms with Crippen molar-refractivity contribution in [3.63, 3.8) is 0 Å². The predicted octanol–water partition coefficient (Wildman–Crippen LogP) is -0.979. The number of carbonyl (C=O) groups excluding carboxylic acids is 2. The first-order valence-corrected chi connectivity index (χ1v) is 7.63. The minimum Gasteiger partial charge on any atom is -0.378 e. The molecule has 0 bridgehead atoms. The van der Waals surface area contributed by atoms with E-state index in [2.05, 4.69) is 5.32 Å². The third-order valence-electron chi connectivity index (χ3n) is 3.55. The van der Waals surface area contributed by atoms with Gasteiger partial charge in [0.15, 0.2) is 0 Å². The molecule has 0 aliphatic carbocycles. The predicted molar refractivity (Wildman–Crippen MR) is 80.8 cm³/mol. The summed E-state index contributed by atoms with van der Waals surface area (Å²) in [5.74, 6) is -0.0485. The molecule has 3 N–H and O–H groups in total. The molecule has 0 spiro atoms. The molecular formula is C14H28N4O3. The molecule has 7 nitrogen and oxygen atoms in total. The van der Waals surface area contributed by atoms with Crippen LogP contribution in [0, 0.1) is 0 Å². The van der Waals surface area contributed by atoms with Gasteiger partial charge in [0.2, 0.25) is 11.8 Å². The van der Waals surface area contributed by atoms with Gasteiger partial charge in [0.25, 0.3) is 0 Å². The lowest BCUT2D eigenvalue weighted by Gasteiger charge is -2.34. The summed E-state index contributed by atoms with van der Waals surface area (Å²) in [5.41, 5.74) is 5.45. The van der Waals surface area contributed by atoms with Crippen LogP contribution in [0.2, 0.25) is 0 Å². The number of hydrogen-bond acceptors (Lipinski definition) is 5. The van der Waals surface area contributed by atoms with Gasteiger partial charge in [0.1, 0.15) is 6.04 Å². The van der Waals surface area contributed by atoms with E-state index >= 15 is 0 Å². The van der Waals surface area contributed by atoms with E-state index in [1.807, 2.05) is 11.8 Å². The number of morpholine rings is 1. The van der Waals surface area contributed by atoms with Gasteiger partial charge in [-0.1, -0.05) is 6.92 Å². The Morgan fingerprint density at radius 1 is 1.48 bits per heavy atom. The molecule has 1 rings (SSSR count). The summed E-state index contributed by atoms with van der Waals surface area (Å²) in [4.78, 5) is 27.9. The Kier molecular flexibility index (Phi) is 8.26. The molecule has 21 heavy (non-hydrogen) atoms. The zero-order chi connectivity index (χ0) is 15.7. The molecule has 1 aliphatic heterocycles. The summed E-state index contributed by atoms with van der Waals surface area (Å²) in [5, 5.41) is 2.87. The third-order valence-corrected chi connectivity index (χ3v) is 3.55. The van der Waals surface area contributed by atoms with Crippen molar-refractivity contribution in [1.82, 2.24) is 15.1 Å². The smallest absolute Gasteiger partial charge is 0.239 e. The normalized spacial score (nSPS) is 19.3. The van der Waals surface area contributed by atoms with Crippen LogP contribution in [0.25, 0.3) is 0 Å². The first-order chi connectivity index (χ1) is 10.1. The van der Waals surface area contributed by atoms with Crippen LogP contribution in [0.4, 0.5) is 0 Å². The van der Waals surface area contributed by atoms with Gasteiger partial charge in [-0.05, 0) is 19.4 Å². The largest absolute Gasteiger partial charge is 0.378 e. The molecule has 1 saturated heterocycles. The molecule has 1 unspecified atom stereocenters. The van der Waals surface area contributed by atoms with Crippen LogP contribution in [0.3, 0.4) is 0 Å². The van der Waals surface area contributed by atoms with Crippen LogP contribution in [0.1, 0.15) is 19.8 Å². The monoisotopic (exact) mass is 300 g/mol. The van der Waals surface area contributed by atoms with E-state index in [0.29, 0.717) is 39.4 Å². The van der Waals surface area contributed by atoms with E-state index in [4.69, 9.17) is 10.5 Å². The van der Waals surface area contributed by atoms with Gasteiger partial charge >= 0.3 is 0 Å². The third kappa shape index (κ3) is 5.99. The van der Waals surface area contributed by atoms with E-state index in [-0.39, 0.29) is 24.4 Å². The van der Waals surface area contributed by atoms with Crippen molar-refractivity contribution in [2.75, 3.05) is 53.0 Å². The highest BCUT2D eigenvalue weighted by atomic mass is 16.5. The maximum absolute atomic E-state index is 12.2. The van der Waals surface area contributed by atoms with E-state index in [1.165, 1.54) is 0 Å². The molecule has 2 amide bonds. The highest BCUT2D eigenvalue weighted by molar-refractivity contribution is 5.83. The molecule has 7 heteroatoms. The topological polar surface area (TPSA) is 87.9 Å². The number of ether oxygens (including phenoxy) is 1. The van der Waals surface area contributed by atoms with Crippen molar-refractivity contribution in [2.45, 2.75) is 25.8 Å². The van der Waals surface area contributed by atoms with E-state index < -0.39 is 0 Å². The number of carbonyl (C=O) groups is 2. The molecule has 1 atom stereocenters. The van der Waals surface area contributed by atoms with Crippen LogP contribution in [-0.4, -0.2) is 80.6 Å². The van der Waals surface area contributed by atoms with E-state index in [0.717, 1.165) is 12.8 Å². The lowest BCUT2D eigenvalue weighted by Crippen LogP contribution is -2.56. The van der Waals surface area contributed by atoms with Crippen molar-refractivity contribution in [1.29, 1.82) is 0 Å². The van der Waals surface area contributed by atoms with Crippen molar-refractivity contribution in [3.05, 3.63) is 0 Å². The standard InChI is InChI=1S/C14H28N4O3/c1-3-6-16-14(20)12-11-21-9-8-18(12)10-13(19)17(2)7-4-5-15/h12H,3-11,15H2,1-2H3,(H,16,20). The Bertz CT molecular complexity index is 338. The molecule has 122 valence electrons. The van der Waals surface area contributed by atoms with Crippen molar-refractivity contribution < 1.29 is 14.3 Å². The Morgan fingerprint density at radius 3 is 2.90 bits per heavy atom. The quantitative estimate of drug-likeness (QED) is 0.602. The molecule has 1 aliphatic rings. The maximum atomic E-state index is 12.2. The summed E-state index contributed by atoms with van der Waals surface area (Å²) in [6.45, 7) is 5.60. The molecule has 1 heterocycles. The minimum atomic E-state index is -0.378. The second-order valence-corrected chi connectivity index (χ2v) is 5.31. The molecule has 0 aromatic heterocycles. The van der Waals surface area contributed by atoms with Crippen LogP contribution in [0.15, 0.2) is 0 Å². The summed E-state index contributed by atoms with van der Waals surface area (Å²) in [7, 11) is 1.77. The highest BCUT2D eigenvalue weighted by Gasteiger charge is 2.30. The summed E-state index contributed by atoms with van der Waals surface area (Å²) in [6.07, 6.45) is 1.67. The second kappa shape index (κ2) is 9.70. The van der Waals surface area contributed by atoms with Crippen LogP contribution < -0.4 is 11.1 Å². The average Bonchev–Trinajstić information content (AvgIpc) is 2.50. The Morgan fingerprint density at radius 2 is 2.24 bits per heavy atom. The minimum absolute atomic E-state index is 0.0126. The fourth-order valence-corrected chi connectivity index (χ4v) is 2.18. The molecular weight excluding hydrogens is 272 g/mol. The van der Waals surface area contributed by atoms with E-state index in [1.54, 1.807) is 11.9 Å². The second-order valence-electron chi connectivity index (χ2n) is 5.31. The first kappa shape index (κ1) is 17.9. The van der Waals surface area contributed by atoms with Crippen LogP contribution in [-0.2, 0) is 14.3 Å². The van der Waals surface area contributed by atoms with Crippen LogP contribution >= 0.6 is 0 Å². The Labute approximate surface area is 126 Å². The first-order valence-electron chi connectivity index (χ1n) is 7.63. The summed E-state index contributed by atoms with van der Waals surface area (Å²) < 4.78 is 5.38. The number of likely N-dealkylation sites (N-methyl/N-ethyl adjacent to an activating group) is 1.